The number of aromatic nitrogens is 1. The van der Waals surface area contributed by atoms with E-state index in [2.05, 4.69) is 26.2 Å². The lowest BCUT2D eigenvalue weighted by atomic mass is 10.1. The van der Waals surface area contributed by atoms with Gasteiger partial charge in [0.2, 0.25) is 11.7 Å². The Bertz CT molecular complexity index is 689. The van der Waals surface area contributed by atoms with Crippen LogP contribution in [0.15, 0.2) is 40.9 Å². The Hall–Kier alpha value is -1.72. The van der Waals surface area contributed by atoms with Crippen LogP contribution >= 0.6 is 27.5 Å². The molecule has 1 aromatic heterocycles. The number of rotatable bonds is 3. The summed E-state index contributed by atoms with van der Waals surface area (Å²) in [4.78, 5) is 27.7. The van der Waals surface area contributed by atoms with Crippen LogP contribution in [0, 0.1) is 0 Å². The van der Waals surface area contributed by atoms with Gasteiger partial charge in [-0.25, -0.2) is 4.98 Å². The van der Waals surface area contributed by atoms with Gasteiger partial charge >= 0.3 is 0 Å². The van der Waals surface area contributed by atoms with Gasteiger partial charge in [-0.15, -0.1) is 0 Å². The van der Waals surface area contributed by atoms with Gasteiger partial charge in [-0.2, -0.15) is 0 Å². The van der Waals surface area contributed by atoms with Crippen molar-refractivity contribution in [1.82, 2.24) is 4.98 Å². The Morgan fingerprint density at radius 3 is 2.65 bits per heavy atom. The van der Waals surface area contributed by atoms with Crippen molar-refractivity contribution < 1.29 is 9.59 Å². The number of nitrogens with one attached hydrogen (secondary N) is 1. The molecule has 0 unspecified atom stereocenters. The molecule has 0 aliphatic carbocycles. The average Bonchev–Trinajstić information content (AvgIpc) is 2.39. The summed E-state index contributed by atoms with van der Waals surface area (Å²) in [5.41, 5.74) is 0.915. The first-order valence-corrected chi connectivity index (χ1v) is 6.89. The van der Waals surface area contributed by atoms with E-state index < -0.39 is 0 Å². The molecule has 2 rings (SSSR count). The normalized spacial score (nSPS) is 10.2. The summed E-state index contributed by atoms with van der Waals surface area (Å²) in [6.45, 7) is 1.36. The van der Waals surface area contributed by atoms with Gasteiger partial charge in [-0.1, -0.05) is 39.7 Å². The van der Waals surface area contributed by atoms with Gasteiger partial charge in [0.05, 0.1) is 5.69 Å². The van der Waals surface area contributed by atoms with Crippen LogP contribution in [-0.4, -0.2) is 16.7 Å². The third kappa shape index (κ3) is 3.43. The number of benzene rings is 1. The molecule has 0 bridgehead atoms. The number of hydrogen-bond acceptors (Lipinski definition) is 3. The van der Waals surface area contributed by atoms with E-state index in [-0.39, 0.29) is 22.5 Å². The van der Waals surface area contributed by atoms with Crippen LogP contribution in [0.4, 0.5) is 5.69 Å². The minimum atomic E-state index is -0.308. The van der Waals surface area contributed by atoms with Crippen molar-refractivity contribution in [3.63, 3.8) is 0 Å². The highest BCUT2D eigenvalue weighted by molar-refractivity contribution is 9.10. The molecule has 2 aromatic rings. The summed E-state index contributed by atoms with van der Waals surface area (Å²) in [5.74, 6) is -0.588. The summed E-state index contributed by atoms with van der Waals surface area (Å²) in [6.07, 6.45) is 0. The number of carbonyl (C=O) groups is 2. The highest BCUT2D eigenvalue weighted by Crippen LogP contribution is 2.21. The second-order valence-electron chi connectivity index (χ2n) is 4.05. The Morgan fingerprint density at radius 2 is 2.00 bits per heavy atom. The van der Waals surface area contributed by atoms with Crippen LogP contribution in [0.2, 0.25) is 5.15 Å². The van der Waals surface area contributed by atoms with E-state index in [1.165, 1.54) is 13.0 Å². The molecule has 0 aliphatic heterocycles. The van der Waals surface area contributed by atoms with E-state index in [1.807, 2.05) is 6.07 Å². The van der Waals surface area contributed by atoms with Crippen LogP contribution < -0.4 is 5.32 Å². The highest BCUT2D eigenvalue weighted by atomic mass is 79.9. The highest BCUT2D eigenvalue weighted by Gasteiger charge is 2.17. The van der Waals surface area contributed by atoms with Crippen molar-refractivity contribution in [1.29, 1.82) is 0 Å². The van der Waals surface area contributed by atoms with Crippen LogP contribution in [0.1, 0.15) is 23.0 Å². The van der Waals surface area contributed by atoms with E-state index >= 15 is 0 Å². The van der Waals surface area contributed by atoms with E-state index in [0.717, 1.165) is 4.47 Å². The summed E-state index contributed by atoms with van der Waals surface area (Å²) >= 11 is 9.14. The zero-order chi connectivity index (χ0) is 14.7. The predicted molar refractivity (Wildman–Crippen MR) is 81.1 cm³/mol. The number of amides is 1. The fourth-order valence-electron chi connectivity index (χ4n) is 1.67. The van der Waals surface area contributed by atoms with Gasteiger partial charge in [0.1, 0.15) is 10.8 Å². The molecule has 0 saturated heterocycles. The van der Waals surface area contributed by atoms with Crippen LogP contribution in [0.3, 0.4) is 0 Å². The first kappa shape index (κ1) is 14.7. The second kappa shape index (κ2) is 6.15. The molecule has 1 amide bonds. The maximum atomic E-state index is 12.5. The minimum Gasteiger partial charge on any atom is -0.324 e. The molecule has 0 fully saturated rings. The maximum Gasteiger partial charge on any atom is 0.221 e. The van der Waals surface area contributed by atoms with Gasteiger partial charge < -0.3 is 5.32 Å². The van der Waals surface area contributed by atoms with Gasteiger partial charge in [-0.3, -0.25) is 9.59 Å². The van der Waals surface area contributed by atoms with Crippen LogP contribution in [-0.2, 0) is 4.79 Å². The summed E-state index contributed by atoms with van der Waals surface area (Å²) < 4.78 is 0.784. The van der Waals surface area contributed by atoms with Crippen molar-refractivity contribution in [3.05, 3.63) is 57.3 Å². The molecule has 6 heteroatoms. The second-order valence-corrected chi connectivity index (χ2v) is 5.35. The lowest BCUT2D eigenvalue weighted by Gasteiger charge is -2.09. The van der Waals surface area contributed by atoms with Crippen molar-refractivity contribution in [2.75, 3.05) is 5.32 Å². The molecule has 0 spiro atoms. The van der Waals surface area contributed by atoms with Gasteiger partial charge in [-0.05, 0) is 24.3 Å². The third-order valence-corrected chi connectivity index (χ3v) is 3.18. The Labute approximate surface area is 129 Å². The monoisotopic (exact) mass is 352 g/mol. The molecular formula is C14H10BrClN2O2. The molecular weight excluding hydrogens is 344 g/mol. The molecule has 0 radical (unpaired) electrons. The topological polar surface area (TPSA) is 59.1 Å². The van der Waals surface area contributed by atoms with Gasteiger partial charge in [0.25, 0.3) is 0 Å². The molecule has 4 nitrogen and oxygen atoms in total. The van der Waals surface area contributed by atoms with E-state index in [4.69, 9.17) is 11.6 Å². The van der Waals surface area contributed by atoms with Crippen LogP contribution in [0.25, 0.3) is 0 Å². The van der Waals surface area contributed by atoms with Crippen molar-refractivity contribution in [2.24, 2.45) is 0 Å². The Morgan fingerprint density at radius 1 is 1.25 bits per heavy atom. The number of nitrogens with zero attached hydrogens (tertiary/aromatic N) is 1. The number of ketones is 1. The molecule has 20 heavy (non-hydrogen) atoms. The fourth-order valence-corrected chi connectivity index (χ4v) is 2.21. The number of carbonyl (C=O) groups excluding carboxylic acids is 2. The molecule has 0 saturated carbocycles. The lowest BCUT2D eigenvalue weighted by molar-refractivity contribution is -0.114. The standard InChI is InChI=1S/C14H10BrClN2O2/c1-8(19)17-11-5-6-12(16)18-13(11)14(20)9-3-2-4-10(15)7-9/h2-7H,1H3,(H,17,19). The number of hydrogen-bond donors (Lipinski definition) is 1. The SMILES string of the molecule is CC(=O)Nc1ccc(Cl)nc1C(=O)c1cccc(Br)c1. The minimum absolute atomic E-state index is 0.116. The van der Waals surface area contributed by atoms with Crippen molar-refractivity contribution in [2.45, 2.75) is 6.92 Å². The first-order chi connectivity index (χ1) is 9.47. The first-order valence-electron chi connectivity index (χ1n) is 5.72. The molecule has 0 atom stereocenters. The Balaban J connectivity index is 2.47. The zero-order valence-corrected chi connectivity index (χ0v) is 12.8. The number of pyridine rings is 1. The molecule has 1 N–H and O–H groups in total. The molecule has 0 aliphatic rings. The quantitative estimate of drug-likeness (QED) is 0.676. The Kier molecular flexibility index (Phi) is 4.52. The van der Waals surface area contributed by atoms with Gasteiger partial charge in [0, 0.05) is 17.0 Å². The van der Waals surface area contributed by atoms with E-state index in [0.29, 0.717) is 11.3 Å². The van der Waals surface area contributed by atoms with Crippen LogP contribution in [0.5, 0.6) is 0 Å². The fraction of sp³-hybridized carbons (Fsp3) is 0.0714. The van der Waals surface area contributed by atoms with Gasteiger partial charge in [0.15, 0.2) is 0 Å². The van der Waals surface area contributed by atoms with Crippen molar-refractivity contribution in [3.8, 4) is 0 Å². The smallest absolute Gasteiger partial charge is 0.221 e. The number of anilines is 1. The molecule has 102 valence electrons. The summed E-state index contributed by atoms with van der Waals surface area (Å²) in [5, 5.41) is 2.77. The largest absolute Gasteiger partial charge is 0.324 e. The van der Waals surface area contributed by atoms with E-state index in [1.54, 1.807) is 24.3 Å². The maximum absolute atomic E-state index is 12.5. The zero-order valence-electron chi connectivity index (χ0n) is 10.5. The summed E-state index contributed by atoms with van der Waals surface area (Å²) in [7, 11) is 0. The summed E-state index contributed by atoms with van der Waals surface area (Å²) in [6, 6.07) is 10.00. The van der Waals surface area contributed by atoms with Crippen molar-refractivity contribution >= 4 is 44.9 Å². The molecule has 1 heterocycles. The molecule has 1 aromatic carbocycles. The predicted octanol–water partition coefficient (Wildman–Crippen LogP) is 3.69. The average molecular weight is 354 g/mol. The number of halogens is 2. The van der Waals surface area contributed by atoms with E-state index in [9.17, 15) is 9.59 Å². The third-order valence-electron chi connectivity index (χ3n) is 2.47. The lowest BCUT2D eigenvalue weighted by Crippen LogP contribution is -2.13.